The molecule has 3 N–H and O–H groups in total. The van der Waals surface area contributed by atoms with Gasteiger partial charge in [-0.25, -0.2) is 8.42 Å². The first-order valence-corrected chi connectivity index (χ1v) is 17.7. The fourth-order valence-corrected chi connectivity index (χ4v) is 8.23. The van der Waals surface area contributed by atoms with Crippen molar-refractivity contribution in [1.82, 2.24) is 16.0 Å². The van der Waals surface area contributed by atoms with E-state index in [0.29, 0.717) is 30.7 Å². The van der Waals surface area contributed by atoms with Gasteiger partial charge in [-0.05, 0) is 111 Å². The maximum absolute atomic E-state index is 13.5. The average molecular weight is 638 g/mol. The molecule has 0 aliphatic heterocycles. The molecule has 3 atom stereocenters. The Labute approximate surface area is 255 Å². The van der Waals surface area contributed by atoms with Gasteiger partial charge in [0.1, 0.15) is 0 Å². The summed E-state index contributed by atoms with van der Waals surface area (Å²) < 4.78 is 66.1. The summed E-state index contributed by atoms with van der Waals surface area (Å²) in [6.07, 6.45) is 4.22. The van der Waals surface area contributed by atoms with Crippen LogP contribution in [0.5, 0.6) is 0 Å². The molecule has 3 saturated carbocycles. The summed E-state index contributed by atoms with van der Waals surface area (Å²) in [4.78, 5) is 26.6. The largest absolute Gasteiger partial charge is 0.416 e. The number of rotatable bonds is 12. The molecule has 0 heterocycles. The minimum Gasteiger partial charge on any atom is -0.352 e. The second-order valence-electron chi connectivity index (χ2n) is 12.0. The predicted octanol–water partition coefficient (Wildman–Crippen LogP) is 5.06. The van der Waals surface area contributed by atoms with Gasteiger partial charge >= 0.3 is 6.18 Å². The summed E-state index contributed by atoms with van der Waals surface area (Å²) in [5.74, 6) is -0.392. The SMILES string of the molecule is CSc1ccc(S(=O)(=O)C[C@H]2C[C@@H](NC(C3CC3)C3CC3)CC[C@@H]2NC(=O)CNC(=O)c2cccc(C(F)(F)F)c2)cc1. The lowest BCUT2D eigenvalue weighted by Gasteiger charge is -2.38. The zero-order chi connectivity index (χ0) is 30.8. The third kappa shape index (κ3) is 8.54. The predicted molar refractivity (Wildman–Crippen MR) is 159 cm³/mol. The maximum atomic E-state index is 13.5. The molecule has 3 aliphatic carbocycles. The highest BCUT2D eigenvalue weighted by Gasteiger charge is 2.44. The molecule has 2 amide bonds. The first-order valence-electron chi connectivity index (χ1n) is 14.8. The minimum absolute atomic E-state index is 0.122. The summed E-state index contributed by atoms with van der Waals surface area (Å²) in [7, 11) is -3.64. The lowest BCUT2D eigenvalue weighted by molar-refractivity contribution is -0.137. The van der Waals surface area contributed by atoms with Crippen LogP contribution in [0.1, 0.15) is 60.9 Å². The molecule has 2 aromatic carbocycles. The van der Waals surface area contributed by atoms with Crippen LogP contribution in [0.2, 0.25) is 0 Å². The van der Waals surface area contributed by atoms with Gasteiger partial charge in [0, 0.05) is 28.6 Å². The van der Waals surface area contributed by atoms with E-state index < -0.39 is 46.0 Å². The summed E-state index contributed by atoms with van der Waals surface area (Å²) in [5, 5.41) is 9.16. The molecule has 7 nitrogen and oxygen atoms in total. The smallest absolute Gasteiger partial charge is 0.352 e. The molecular formula is C31H38F3N3O4S2. The number of hydrogen-bond donors (Lipinski definition) is 3. The topological polar surface area (TPSA) is 104 Å². The van der Waals surface area contributed by atoms with Crippen LogP contribution in [0, 0.1) is 17.8 Å². The molecule has 0 spiro atoms. The molecule has 2 aromatic rings. The van der Waals surface area contributed by atoms with Crippen LogP contribution in [0.25, 0.3) is 0 Å². The number of amides is 2. The number of sulfone groups is 1. The standard InChI is InChI=1S/C31H38F3N3O4S2/c1-42-25-10-12-26(13-11-25)43(40,41)18-22-16-24(36-29(19-5-6-19)20-7-8-20)9-14-27(22)37-28(38)17-35-30(39)21-3-2-4-23(15-21)31(32,33)34/h2-4,10-13,15,19-20,22,24,27,29,36H,5-9,14,16-18H2,1H3,(H,35,39)(H,37,38)/t22-,24+,27+/m1/s1. The van der Waals surface area contributed by atoms with Crippen molar-refractivity contribution >= 4 is 33.4 Å². The average Bonchev–Trinajstić information content (AvgIpc) is 3.90. The van der Waals surface area contributed by atoms with Crippen LogP contribution in [0.3, 0.4) is 0 Å². The molecule has 0 bridgehead atoms. The van der Waals surface area contributed by atoms with E-state index in [9.17, 15) is 31.2 Å². The number of halogens is 3. The fraction of sp³-hybridized carbons (Fsp3) is 0.548. The minimum atomic E-state index is -4.59. The molecule has 12 heteroatoms. The van der Waals surface area contributed by atoms with Crippen LogP contribution in [0.4, 0.5) is 13.2 Å². The first kappa shape index (κ1) is 31.8. The van der Waals surface area contributed by atoms with E-state index in [1.54, 1.807) is 24.3 Å². The number of alkyl halides is 3. The molecular weight excluding hydrogens is 599 g/mol. The van der Waals surface area contributed by atoms with Crippen LogP contribution in [-0.2, 0) is 20.8 Å². The van der Waals surface area contributed by atoms with Crippen molar-refractivity contribution in [2.24, 2.45) is 17.8 Å². The van der Waals surface area contributed by atoms with E-state index >= 15 is 0 Å². The molecule has 0 unspecified atom stereocenters. The van der Waals surface area contributed by atoms with Crippen molar-refractivity contribution in [1.29, 1.82) is 0 Å². The second kappa shape index (κ2) is 13.2. The van der Waals surface area contributed by atoms with E-state index in [-0.39, 0.29) is 28.2 Å². The van der Waals surface area contributed by atoms with Crippen molar-refractivity contribution in [2.45, 2.75) is 79.0 Å². The van der Waals surface area contributed by atoms with Gasteiger partial charge in [-0.15, -0.1) is 11.8 Å². The third-order valence-corrected chi connectivity index (χ3v) is 11.3. The van der Waals surface area contributed by atoms with E-state index in [1.807, 2.05) is 6.26 Å². The van der Waals surface area contributed by atoms with Crippen molar-refractivity contribution in [2.75, 3.05) is 18.6 Å². The van der Waals surface area contributed by atoms with Crippen molar-refractivity contribution in [3.8, 4) is 0 Å². The summed E-state index contributed by atoms with van der Waals surface area (Å²) in [6.45, 7) is -0.436. The van der Waals surface area contributed by atoms with Crippen LogP contribution in [0.15, 0.2) is 58.3 Å². The van der Waals surface area contributed by atoms with Crippen molar-refractivity contribution in [3.05, 3.63) is 59.7 Å². The number of benzene rings is 2. The van der Waals surface area contributed by atoms with E-state index in [1.165, 1.54) is 43.5 Å². The van der Waals surface area contributed by atoms with Crippen LogP contribution < -0.4 is 16.0 Å². The van der Waals surface area contributed by atoms with Gasteiger partial charge in [-0.2, -0.15) is 13.2 Å². The molecule has 0 radical (unpaired) electrons. The third-order valence-electron chi connectivity index (χ3n) is 8.73. The Morgan fingerprint density at radius 2 is 1.65 bits per heavy atom. The molecule has 3 fully saturated rings. The number of nitrogens with one attached hydrogen (secondary N) is 3. The Balaban J connectivity index is 1.24. The summed E-state index contributed by atoms with van der Waals surface area (Å²) >= 11 is 1.53. The van der Waals surface area contributed by atoms with E-state index in [2.05, 4.69) is 16.0 Å². The van der Waals surface area contributed by atoms with Crippen LogP contribution in [-0.4, -0.2) is 56.9 Å². The van der Waals surface area contributed by atoms with Gasteiger partial charge in [0.25, 0.3) is 5.91 Å². The molecule has 3 aliphatic rings. The second-order valence-corrected chi connectivity index (χ2v) is 14.9. The lowest BCUT2D eigenvalue weighted by atomic mass is 9.82. The Morgan fingerprint density at radius 3 is 2.26 bits per heavy atom. The van der Waals surface area contributed by atoms with E-state index in [4.69, 9.17) is 0 Å². The van der Waals surface area contributed by atoms with Crippen LogP contribution >= 0.6 is 11.8 Å². The molecule has 0 saturated heterocycles. The zero-order valence-electron chi connectivity index (χ0n) is 24.0. The molecule has 0 aromatic heterocycles. The van der Waals surface area contributed by atoms with Crippen molar-refractivity contribution in [3.63, 3.8) is 0 Å². The van der Waals surface area contributed by atoms with E-state index in [0.717, 1.165) is 29.5 Å². The Kier molecular flexibility index (Phi) is 9.77. The molecule has 43 heavy (non-hydrogen) atoms. The summed E-state index contributed by atoms with van der Waals surface area (Å²) in [6, 6.07) is 11.0. The highest BCUT2D eigenvalue weighted by molar-refractivity contribution is 7.98. The normalized spacial score (nSPS) is 22.8. The first-order chi connectivity index (χ1) is 20.4. The fourth-order valence-electron chi connectivity index (χ4n) is 6.15. The van der Waals surface area contributed by atoms with Gasteiger partial charge in [-0.3, -0.25) is 9.59 Å². The highest BCUT2D eigenvalue weighted by atomic mass is 32.2. The molecule has 5 rings (SSSR count). The van der Waals surface area contributed by atoms with Gasteiger partial charge in [0.05, 0.1) is 22.8 Å². The van der Waals surface area contributed by atoms with Crippen molar-refractivity contribution < 1.29 is 31.2 Å². The lowest BCUT2D eigenvalue weighted by Crippen LogP contribution is -2.53. The zero-order valence-corrected chi connectivity index (χ0v) is 25.7. The highest BCUT2D eigenvalue weighted by Crippen LogP contribution is 2.45. The van der Waals surface area contributed by atoms with Gasteiger partial charge < -0.3 is 16.0 Å². The summed E-state index contributed by atoms with van der Waals surface area (Å²) in [5.41, 5.74) is -1.15. The van der Waals surface area contributed by atoms with Gasteiger partial charge in [-0.1, -0.05) is 6.07 Å². The Hall–Kier alpha value is -2.57. The quantitative estimate of drug-likeness (QED) is 0.281. The number of thioether (sulfide) groups is 1. The van der Waals surface area contributed by atoms with Gasteiger partial charge in [0.15, 0.2) is 9.84 Å². The Bertz CT molecular complexity index is 1400. The Morgan fingerprint density at radius 1 is 0.977 bits per heavy atom. The number of carbonyl (C=O) groups excluding carboxylic acids is 2. The maximum Gasteiger partial charge on any atom is 0.416 e. The number of hydrogen-bond acceptors (Lipinski definition) is 6. The monoisotopic (exact) mass is 637 g/mol. The molecule has 234 valence electrons. The number of carbonyl (C=O) groups is 2. The van der Waals surface area contributed by atoms with Gasteiger partial charge in [0.2, 0.25) is 5.91 Å².